The predicted octanol–water partition coefficient (Wildman–Crippen LogP) is 3.27. The van der Waals surface area contributed by atoms with E-state index < -0.39 is 0 Å². The molecule has 1 aromatic carbocycles. The van der Waals surface area contributed by atoms with Gasteiger partial charge < -0.3 is 15.8 Å². The molecule has 0 aliphatic heterocycles. The second-order valence-electron chi connectivity index (χ2n) is 5.61. The summed E-state index contributed by atoms with van der Waals surface area (Å²) in [7, 11) is 1.68. The SMILES string of the molecule is COC(C)c1cccc(NC(=O)C[C@@H]2CCC[C@H]2N)c1.Cl. The average Bonchev–Trinajstić information content (AvgIpc) is 2.83. The Bertz CT molecular complexity index is 467. The molecule has 0 bridgehead atoms. The van der Waals surface area contributed by atoms with Gasteiger partial charge in [0, 0.05) is 25.3 Å². The highest BCUT2D eigenvalue weighted by atomic mass is 35.5. The fraction of sp³-hybridized carbons (Fsp3) is 0.562. The van der Waals surface area contributed by atoms with Gasteiger partial charge in [-0.05, 0) is 43.4 Å². The molecular weight excluding hydrogens is 288 g/mol. The first-order chi connectivity index (χ1) is 9.60. The molecule has 0 radical (unpaired) electrons. The molecule has 3 atom stereocenters. The van der Waals surface area contributed by atoms with Crippen molar-refractivity contribution in [3.05, 3.63) is 29.8 Å². The van der Waals surface area contributed by atoms with E-state index >= 15 is 0 Å². The molecule has 1 aliphatic carbocycles. The number of hydrogen-bond donors (Lipinski definition) is 2. The van der Waals surface area contributed by atoms with Crippen LogP contribution in [0.15, 0.2) is 24.3 Å². The molecule has 0 aromatic heterocycles. The zero-order chi connectivity index (χ0) is 14.5. The minimum atomic E-state index is 0. The van der Waals surface area contributed by atoms with Crippen molar-refractivity contribution >= 4 is 24.0 Å². The summed E-state index contributed by atoms with van der Waals surface area (Å²) in [5, 5.41) is 2.96. The van der Waals surface area contributed by atoms with Crippen LogP contribution in [0.1, 0.15) is 44.3 Å². The number of halogens is 1. The van der Waals surface area contributed by atoms with Gasteiger partial charge in [-0.2, -0.15) is 0 Å². The van der Waals surface area contributed by atoms with Crippen molar-refractivity contribution in [2.45, 2.75) is 44.8 Å². The summed E-state index contributed by atoms with van der Waals surface area (Å²) in [5.74, 6) is 0.380. The van der Waals surface area contributed by atoms with Gasteiger partial charge in [0.15, 0.2) is 0 Å². The number of carbonyl (C=O) groups excluding carboxylic acids is 1. The van der Waals surface area contributed by atoms with Gasteiger partial charge in [-0.25, -0.2) is 0 Å². The lowest BCUT2D eigenvalue weighted by molar-refractivity contribution is -0.117. The lowest BCUT2D eigenvalue weighted by Gasteiger charge is -2.15. The molecule has 1 fully saturated rings. The van der Waals surface area contributed by atoms with Crippen LogP contribution >= 0.6 is 12.4 Å². The molecule has 1 unspecified atom stereocenters. The fourth-order valence-electron chi connectivity index (χ4n) is 2.77. The first kappa shape index (κ1) is 18.0. The van der Waals surface area contributed by atoms with Gasteiger partial charge >= 0.3 is 0 Å². The third kappa shape index (κ3) is 4.99. The van der Waals surface area contributed by atoms with E-state index in [1.54, 1.807) is 7.11 Å². The van der Waals surface area contributed by atoms with E-state index in [0.29, 0.717) is 12.3 Å². The third-order valence-corrected chi connectivity index (χ3v) is 4.16. The van der Waals surface area contributed by atoms with E-state index in [9.17, 15) is 4.79 Å². The smallest absolute Gasteiger partial charge is 0.224 e. The van der Waals surface area contributed by atoms with Gasteiger partial charge in [0.1, 0.15) is 0 Å². The van der Waals surface area contributed by atoms with Gasteiger partial charge in [0.05, 0.1) is 6.10 Å². The number of anilines is 1. The third-order valence-electron chi connectivity index (χ3n) is 4.16. The summed E-state index contributed by atoms with van der Waals surface area (Å²) in [6.07, 6.45) is 3.79. The standard InChI is InChI=1S/C16H24N2O2.ClH/c1-11(20-2)12-5-3-7-14(9-12)18-16(19)10-13-6-4-8-15(13)17;/h3,5,7,9,11,13,15H,4,6,8,10,17H2,1-2H3,(H,18,19);1H/t11?,13-,15+;/m0./s1. The first-order valence-electron chi connectivity index (χ1n) is 7.28. The average molecular weight is 313 g/mol. The monoisotopic (exact) mass is 312 g/mol. The predicted molar refractivity (Wildman–Crippen MR) is 87.7 cm³/mol. The Morgan fingerprint density at radius 1 is 1.48 bits per heavy atom. The molecule has 1 aliphatic rings. The van der Waals surface area contributed by atoms with E-state index in [-0.39, 0.29) is 30.5 Å². The molecular formula is C16H25ClN2O2. The number of amides is 1. The molecule has 3 N–H and O–H groups in total. The second kappa shape index (κ2) is 8.37. The van der Waals surface area contributed by atoms with E-state index in [4.69, 9.17) is 10.5 Å². The highest BCUT2D eigenvalue weighted by Gasteiger charge is 2.26. The van der Waals surface area contributed by atoms with Gasteiger partial charge in [0.25, 0.3) is 0 Å². The van der Waals surface area contributed by atoms with Crippen LogP contribution in [0.3, 0.4) is 0 Å². The van der Waals surface area contributed by atoms with E-state index in [1.807, 2.05) is 31.2 Å². The van der Waals surface area contributed by atoms with Crippen molar-refractivity contribution in [3.63, 3.8) is 0 Å². The Hall–Kier alpha value is -1.10. The Morgan fingerprint density at radius 3 is 2.86 bits per heavy atom. The molecule has 0 heterocycles. The van der Waals surface area contributed by atoms with Crippen LogP contribution in [0, 0.1) is 5.92 Å². The Labute approximate surface area is 132 Å². The topological polar surface area (TPSA) is 64.3 Å². The molecule has 2 rings (SSSR count). The number of carbonyl (C=O) groups is 1. The normalized spacial score (nSPS) is 22.4. The first-order valence-corrected chi connectivity index (χ1v) is 7.28. The lowest BCUT2D eigenvalue weighted by atomic mass is 10.00. The summed E-state index contributed by atoms with van der Waals surface area (Å²) in [5.41, 5.74) is 7.89. The fourth-order valence-corrected chi connectivity index (χ4v) is 2.77. The molecule has 1 amide bonds. The van der Waals surface area contributed by atoms with Crippen LogP contribution in [0.25, 0.3) is 0 Å². The number of nitrogens with one attached hydrogen (secondary N) is 1. The molecule has 4 nitrogen and oxygen atoms in total. The van der Waals surface area contributed by atoms with Gasteiger partial charge in [0.2, 0.25) is 5.91 Å². The number of nitrogens with two attached hydrogens (primary N) is 1. The zero-order valence-corrected chi connectivity index (χ0v) is 13.5. The van der Waals surface area contributed by atoms with Gasteiger partial charge in [-0.1, -0.05) is 18.6 Å². The van der Waals surface area contributed by atoms with Gasteiger partial charge in [-0.3, -0.25) is 4.79 Å². The van der Waals surface area contributed by atoms with Crippen LogP contribution in [-0.4, -0.2) is 19.1 Å². The summed E-state index contributed by atoms with van der Waals surface area (Å²) in [6.45, 7) is 1.98. The molecule has 0 spiro atoms. The summed E-state index contributed by atoms with van der Waals surface area (Å²) in [6, 6.07) is 7.97. The largest absolute Gasteiger partial charge is 0.377 e. The Kier molecular flexibility index (Phi) is 7.15. The molecule has 1 aromatic rings. The minimum Gasteiger partial charge on any atom is -0.377 e. The number of hydrogen-bond acceptors (Lipinski definition) is 3. The number of benzene rings is 1. The molecule has 21 heavy (non-hydrogen) atoms. The van der Waals surface area contributed by atoms with Crippen molar-refractivity contribution in [1.29, 1.82) is 0 Å². The van der Waals surface area contributed by atoms with Crippen LogP contribution < -0.4 is 11.1 Å². The molecule has 1 saturated carbocycles. The minimum absolute atomic E-state index is 0. The molecule has 5 heteroatoms. The van der Waals surface area contributed by atoms with Crippen LogP contribution in [-0.2, 0) is 9.53 Å². The zero-order valence-electron chi connectivity index (χ0n) is 12.7. The van der Waals surface area contributed by atoms with Crippen molar-refractivity contribution in [3.8, 4) is 0 Å². The van der Waals surface area contributed by atoms with Gasteiger partial charge in [-0.15, -0.1) is 12.4 Å². The van der Waals surface area contributed by atoms with Crippen LogP contribution in [0.2, 0.25) is 0 Å². The summed E-state index contributed by atoms with van der Waals surface area (Å²) in [4.78, 5) is 12.1. The quantitative estimate of drug-likeness (QED) is 0.877. The van der Waals surface area contributed by atoms with E-state index in [0.717, 1.165) is 30.5 Å². The maximum atomic E-state index is 12.1. The second-order valence-corrected chi connectivity index (χ2v) is 5.61. The number of methoxy groups -OCH3 is 1. The molecule has 0 saturated heterocycles. The summed E-state index contributed by atoms with van der Waals surface area (Å²) < 4.78 is 5.29. The maximum Gasteiger partial charge on any atom is 0.224 e. The summed E-state index contributed by atoms with van der Waals surface area (Å²) >= 11 is 0. The Balaban J connectivity index is 0.00000220. The Morgan fingerprint density at radius 2 is 2.24 bits per heavy atom. The highest BCUT2D eigenvalue weighted by molar-refractivity contribution is 5.91. The van der Waals surface area contributed by atoms with E-state index in [2.05, 4.69) is 5.32 Å². The van der Waals surface area contributed by atoms with Crippen molar-refractivity contribution in [1.82, 2.24) is 0 Å². The van der Waals surface area contributed by atoms with Crippen LogP contribution in [0.4, 0.5) is 5.69 Å². The van der Waals surface area contributed by atoms with E-state index in [1.165, 1.54) is 0 Å². The number of rotatable bonds is 5. The highest BCUT2D eigenvalue weighted by Crippen LogP contribution is 2.27. The van der Waals surface area contributed by atoms with Crippen molar-refractivity contribution in [2.75, 3.05) is 12.4 Å². The van der Waals surface area contributed by atoms with Crippen molar-refractivity contribution in [2.24, 2.45) is 11.7 Å². The maximum absolute atomic E-state index is 12.1. The van der Waals surface area contributed by atoms with Crippen LogP contribution in [0.5, 0.6) is 0 Å². The number of ether oxygens (including phenoxy) is 1. The molecule has 118 valence electrons. The van der Waals surface area contributed by atoms with Crippen molar-refractivity contribution < 1.29 is 9.53 Å². The lowest BCUT2D eigenvalue weighted by Crippen LogP contribution is -2.28.